The molecular formula is C15H13N3O5. The highest BCUT2D eigenvalue weighted by Gasteiger charge is 2.20. The van der Waals surface area contributed by atoms with Gasteiger partial charge in [0.2, 0.25) is 0 Å². The largest absolute Gasteiger partial charge is 0.468 e. The van der Waals surface area contributed by atoms with E-state index in [9.17, 15) is 9.59 Å². The summed E-state index contributed by atoms with van der Waals surface area (Å²) in [5.74, 6) is -0.512. The molecule has 0 bridgehead atoms. The third-order valence-electron chi connectivity index (χ3n) is 3.26. The first-order chi connectivity index (χ1) is 11.1. The molecule has 0 aromatic carbocycles. The molecule has 8 heteroatoms. The first kappa shape index (κ1) is 14.8. The van der Waals surface area contributed by atoms with Crippen molar-refractivity contribution < 1.29 is 23.3 Å². The van der Waals surface area contributed by atoms with Crippen LogP contribution in [0.15, 0.2) is 33.4 Å². The fraction of sp³-hybridized carbons (Fsp3) is 0.200. The summed E-state index contributed by atoms with van der Waals surface area (Å²) < 4.78 is 14.9. The number of amides is 1. The Morgan fingerprint density at radius 1 is 1.39 bits per heavy atom. The minimum Gasteiger partial charge on any atom is -0.468 e. The first-order valence-corrected chi connectivity index (χ1v) is 6.76. The van der Waals surface area contributed by atoms with Crippen molar-refractivity contribution >= 4 is 23.0 Å². The fourth-order valence-electron chi connectivity index (χ4n) is 2.14. The molecule has 0 radical (unpaired) electrons. The molecule has 0 saturated heterocycles. The summed E-state index contributed by atoms with van der Waals surface area (Å²) in [6, 6.07) is 5.00. The number of hydrogen-bond donors (Lipinski definition) is 1. The van der Waals surface area contributed by atoms with Crippen LogP contribution in [-0.2, 0) is 9.53 Å². The summed E-state index contributed by atoms with van der Waals surface area (Å²) in [6.07, 6.45) is 1.50. The Morgan fingerprint density at radius 3 is 2.91 bits per heavy atom. The van der Waals surface area contributed by atoms with E-state index in [2.05, 4.69) is 20.2 Å². The van der Waals surface area contributed by atoms with Crippen molar-refractivity contribution in [2.45, 2.75) is 6.92 Å². The molecule has 3 aromatic rings. The molecule has 0 aliphatic heterocycles. The molecular weight excluding hydrogens is 302 g/mol. The lowest BCUT2D eigenvalue weighted by molar-refractivity contribution is -0.139. The molecule has 3 aromatic heterocycles. The maximum absolute atomic E-state index is 12.4. The van der Waals surface area contributed by atoms with Crippen molar-refractivity contribution in [3.8, 4) is 11.5 Å². The number of fused-ring (bicyclic) bond motifs is 1. The molecule has 0 atom stereocenters. The minimum absolute atomic E-state index is 0.222. The van der Waals surface area contributed by atoms with E-state index in [1.165, 1.54) is 13.4 Å². The van der Waals surface area contributed by atoms with Gasteiger partial charge in [-0.25, -0.2) is 4.98 Å². The molecule has 3 rings (SSSR count). The van der Waals surface area contributed by atoms with Gasteiger partial charge < -0.3 is 19.0 Å². The first-order valence-electron chi connectivity index (χ1n) is 6.76. The zero-order valence-corrected chi connectivity index (χ0v) is 12.5. The summed E-state index contributed by atoms with van der Waals surface area (Å²) in [5.41, 5.74) is 1.48. The lowest BCUT2D eigenvalue weighted by Crippen LogP contribution is -2.30. The molecule has 8 nitrogen and oxygen atoms in total. The minimum atomic E-state index is -0.544. The van der Waals surface area contributed by atoms with Crippen molar-refractivity contribution in [3.05, 3.63) is 35.7 Å². The highest BCUT2D eigenvalue weighted by molar-refractivity contribution is 6.07. The Hall–Kier alpha value is -3.16. The van der Waals surface area contributed by atoms with E-state index in [-0.39, 0.29) is 12.3 Å². The summed E-state index contributed by atoms with van der Waals surface area (Å²) in [5, 5.41) is 6.81. The smallest absolute Gasteiger partial charge is 0.325 e. The molecule has 23 heavy (non-hydrogen) atoms. The number of rotatable bonds is 4. The standard InChI is InChI=1S/C15H13N3O5/c1-8-13-9(14(20)16-7-12(19)21-2)6-10(11-4-3-5-22-11)17-15(13)23-18-8/h3-6H,7H2,1-2H3,(H,16,20). The number of methoxy groups -OCH3 is 1. The van der Waals surface area contributed by atoms with Crippen molar-refractivity contribution in [2.75, 3.05) is 13.7 Å². The van der Waals surface area contributed by atoms with Crippen LogP contribution in [0.2, 0.25) is 0 Å². The van der Waals surface area contributed by atoms with Crippen LogP contribution in [0.5, 0.6) is 0 Å². The average Bonchev–Trinajstić information content (AvgIpc) is 3.21. The maximum Gasteiger partial charge on any atom is 0.325 e. The number of esters is 1. The summed E-state index contributed by atoms with van der Waals surface area (Å²) >= 11 is 0. The van der Waals surface area contributed by atoms with Crippen LogP contribution in [0.3, 0.4) is 0 Å². The van der Waals surface area contributed by atoms with Crippen molar-refractivity contribution in [2.24, 2.45) is 0 Å². The van der Waals surface area contributed by atoms with Crippen LogP contribution >= 0.6 is 0 Å². The number of hydrogen-bond acceptors (Lipinski definition) is 7. The number of carbonyl (C=O) groups is 2. The number of ether oxygens (including phenoxy) is 1. The van der Waals surface area contributed by atoms with E-state index in [0.29, 0.717) is 28.1 Å². The molecule has 0 unspecified atom stereocenters. The summed E-state index contributed by atoms with van der Waals surface area (Å²) in [4.78, 5) is 27.9. The van der Waals surface area contributed by atoms with Gasteiger partial charge in [-0.15, -0.1) is 0 Å². The molecule has 1 N–H and O–H groups in total. The van der Waals surface area contributed by atoms with Gasteiger partial charge in [-0.05, 0) is 25.1 Å². The Balaban J connectivity index is 2.04. The van der Waals surface area contributed by atoms with Crippen LogP contribution in [0.25, 0.3) is 22.6 Å². The van der Waals surface area contributed by atoms with Crippen molar-refractivity contribution in [1.82, 2.24) is 15.5 Å². The SMILES string of the molecule is COC(=O)CNC(=O)c1cc(-c2ccco2)nc2onc(C)c12. The van der Waals surface area contributed by atoms with E-state index in [1.807, 2.05) is 0 Å². The van der Waals surface area contributed by atoms with Crippen LogP contribution in [0.4, 0.5) is 0 Å². The second-order valence-corrected chi connectivity index (χ2v) is 4.74. The van der Waals surface area contributed by atoms with Gasteiger partial charge in [-0.1, -0.05) is 5.16 Å². The summed E-state index contributed by atoms with van der Waals surface area (Å²) in [7, 11) is 1.25. The predicted octanol–water partition coefficient (Wildman–Crippen LogP) is 1.69. The highest BCUT2D eigenvalue weighted by Crippen LogP contribution is 2.27. The number of nitrogens with one attached hydrogen (secondary N) is 1. The van der Waals surface area contributed by atoms with E-state index in [4.69, 9.17) is 8.94 Å². The third kappa shape index (κ3) is 2.78. The Bertz CT molecular complexity index is 867. The number of aryl methyl sites for hydroxylation is 1. The van der Waals surface area contributed by atoms with Gasteiger partial charge in [0, 0.05) is 0 Å². The van der Waals surface area contributed by atoms with E-state index in [0.717, 1.165) is 0 Å². The molecule has 0 fully saturated rings. The van der Waals surface area contributed by atoms with Crippen molar-refractivity contribution in [1.29, 1.82) is 0 Å². The van der Waals surface area contributed by atoms with Crippen LogP contribution < -0.4 is 5.32 Å². The average molecular weight is 315 g/mol. The van der Waals surface area contributed by atoms with Crippen LogP contribution in [0, 0.1) is 6.92 Å². The monoisotopic (exact) mass is 315 g/mol. The van der Waals surface area contributed by atoms with E-state index < -0.39 is 11.9 Å². The van der Waals surface area contributed by atoms with Gasteiger partial charge in [-0.2, -0.15) is 0 Å². The predicted molar refractivity (Wildman–Crippen MR) is 78.6 cm³/mol. The molecule has 0 aliphatic rings. The number of aromatic nitrogens is 2. The zero-order chi connectivity index (χ0) is 16.4. The fourth-order valence-corrected chi connectivity index (χ4v) is 2.14. The molecule has 118 valence electrons. The van der Waals surface area contributed by atoms with Crippen LogP contribution in [-0.4, -0.2) is 35.7 Å². The number of furan rings is 1. The Morgan fingerprint density at radius 2 is 2.22 bits per heavy atom. The normalized spacial score (nSPS) is 10.7. The van der Waals surface area contributed by atoms with Gasteiger partial charge >= 0.3 is 5.97 Å². The number of pyridine rings is 1. The second-order valence-electron chi connectivity index (χ2n) is 4.74. The molecule has 0 spiro atoms. The van der Waals surface area contributed by atoms with Crippen molar-refractivity contribution in [3.63, 3.8) is 0 Å². The van der Waals surface area contributed by atoms with E-state index >= 15 is 0 Å². The van der Waals surface area contributed by atoms with Gasteiger partial charge in [0.25, 0.3) is 11.6 Å². The lowest BCUT2D eigenvalue weighted by Gasteiger charge is -2.06. The molecule has 0 saturated carbocycles. The molecule has 1 amide bonds. The van der Waals surface area contributed by atoms with Gasteiger partial charge in [0.15, 0.2) is 5.76 Å². The maximum atomic E-state index is 12.4. The molecule has 0 aliphatic carbocycles. The second kappa shape index (κ2) is 5.91. The van der Waals surface area contributed by atoms with Gasteiger partial charge in [-0.3, -0.25) is 9.59 Å². The van der Waals surface area contributed by atoms with E-state index in [1.54, 1.807) is 25.1 Å². The number of carbonyl (C=O) groups excluding carboxylic acids is 2. The Kier molecular flexibility index (Phi) is 3.80. The zero-order valence-electron chi connectivity index (χ0n) is 12.5. The number of nitrogens with zero attached hydrogens (tertiary/aromatic N) is 2. The lowest BCUT2D eigenvalue weighted by atomic mass is 10.1. The molecule has 3 heterocycles. The highest BCUT2D eigenvalue weighted by atomic mass is 16.5. The topological polar surface area (TPSA) is 107 Å². The third-order valence-corrected chi connectivity index (χ3v) is 3.26. The Labute approximate surface area is 130 Å². The van der Waals surface area contributed by atoms with Gasteiger partial charge in [0.05, 0.1) is 30.0 Å². The van der Waals surface area contributed by atoms with Gasteiger partial charge in [0.1, 0.15) is 12.2 Å². The van der Waals surface area contributed by atoms with Crippen LogP contribution in [0.1, 0.15) is 16.1 Å². The summed E-state index contributed by atoms with van der Waals surface area (Å²) in [6.45, 7) is 1.47. The quantitative estimate of drug-likeness (QED) is 0.730.